The van der Waals surface area contributed by atoms with Gasteiger partial charge in [0.2, 0.25) is 28.1 Å². The molecular formula is C86H97F2N7O14. The molecule has 2 aliphatic carbocycles. The molecule has 5 aliphatic rings. The number of aliphatic hydroxyl groups is 1. The molecule has 2 amide bonds. The number of halogens is 2. The van der Waals surface area contributed by atoms with Crippen molar-refractivity contribution in [3.05, 3.63) is 198 Å². The van der Waals surface area contributed by atoms with E-state index >= 15 is 0 Å². The van der Waals surface area contributed by atoms with Gasteiger partial charge in [0.1, 0.15) is 58.8 Å². The molecular weight excluding hydrogens is 1390 g/mol. The van der Waals surface area contributed by atoms with Crippen LogP contribution in [0.5, 0.6) is 34.5 Å². The maximum Gasteiger partial charge on any atom is 0.220 e. The van der Waals surface area contributed by atoms with Crippen LogP contribution in [0.2, 0.25) is 0 Å². The fourth-order valence-corrected chi connectivity index (χ4v) is 14.9. The van der Waals surface area contributed by atoms with Gasteiger partial charge in [-0.3, -0.25) is 33.9 Å². The van der Waals surface area contributed by atoms with E-state index in [1.165, 1.54) is 81.1 Å². The minimum absolute atomic E-state index is 0.0822. The molecule has 6 aromatic carbocycles. The zero-order chi connectivity index (χ0) is 76.8. The summed E-state index contributed by atoms with van der Waals surface area (Å²) >= 11 is 0. The van der Waals surface area contributed by atoms with Gasteiger partial charge in [0.25, 0.3) is 0 Å². The number of aromatic nitrogens is 2. The third-order valence-electron chi connectivity index (χ3n) is 21.1. The van der Waals surface area contributed by atoms with Crippen molar-refractivity contribution in [2.75, 3.05) is 60.6 Å². The normalized spacial score (nSPS) is 17.6. The van der Waals surface area contributed by atoms with Crippen LogP contribution in [0.1, 0.15) is 131 Å². The van der Waals surface area contributed by atoms with Crippen molar-refractivity contribution in [1.29, 1.82) is 0 Å². The predicted molar refractivity (Wildman–Crippen MR) is 418 cm³/mol. The summed E-state index contributed by atoms with van der Waals surface area (Å²) in [5, 5.41) is 36.2. The smallest absolute Gasteiger partial charge is 0.220 e. The summed E-state index contributed by atoms with van der Waals surface area (Å²) < 4.78 is 62.5. The van der Waals surface area contributed by atoms with E-state index in [2.05, 4.69) is 56.4 Å². The number of likely N-dealkylation sites (N-methyl/N-ethyl adjacent to an activating group) is 3. The van der Waals surface area contributed by atoms with E-state index in [9.17, 15) is 37.9 Å². The van der Waals surface area contributed by atoms with Crippen LogP contribution in [-0.2, 0) is 22.4 Å². The molecule has 5 aromatic heterocycles. The first-order chi connectivity index (χ1) is 52.6. The molecule has 0 unspecified atom stereocenters. The van der Waals surface area contributed by atoms with Crippen LogP contribution >= 0.6 is 0 Å². The quantitative estimate of drug-likeness (QED) is 0.0530. The average molecular weight is 1490 g/mol. The fourth-order valence-electron chi connectivity index (χ4n) is 14.9. The van der Waals surface area contributed by atoms with Crippen molar-refractivity contribution in [2.24, 2.45) is 0 Å². The van der Waals surface area contributed by atoms with Crippen LogP contribution in [0.25, 0.3) is 65.8 Å². The number of ether oxygens (including phenoxy) is 3. The third-order valence-corrected chi connectivity index (χ3v) is 21.1. The number of aryl methyl sites for hydroxylation is 5. The highest BCUT2D eigenvalue weighted by Gasteiger charge is 2.26. The van der Waals surface area contributed by atoms with Gasteiger partial charge < -0.3 is 68.1 Å². The Morgan fingerprint density at radius 3 is 1.31 bits per heavy atom. The molecule has 574 valence electrons. The Morgan fingerprint density at radius 2 is 0.890 bits per heavy atom. The maximum absolute atomic E-state index is 13.5. The van der Waals surface area contributed by atoms with E-state index in [1.807, 2.05) is 44.2 Å². The molecule has 11 aromatic rings. The van der Waals surface area contributed by atoms with Crippen molar-refractivity contribution >= 4 is 77.6 Å². The SMILES string of the molecule is CN1CCC[C@@H]1CO.Cc1cc(O)c2oc3cc(F)ccc3c(=O)c2c1.Cc1cc(OC[C@H]2CCCN2C)c2oc3cc(F)ccc3c(=O)c2c1.Cc1cc(OC[C@H]2CCCN2C)c2oc3cc(Oc4ccc(CCC(=O)NC5CCCC5)nc4)ccc3c(=O)c2c1.O=C(CCc1ccc(O)cn1)NC1CCCC1. The molecule has 0 spiro atoms. The Morgan fingerprint density at radius 1 is 0.477 bits per heavy atom. The molecule has 8 heterocycles. The number of nitrogens with zero attached hydrogens (tertiary/aromatic N) is 5. The molecule has 23 heteroatoms. The van der Waals surface area contributed by atoms with Crippen molar-refractivity contribution in [3.8, 4) is 34.5 Å². The monoisotopic (exact) mass is 1490 g/mol. The molecule has 109 heavy (non-hydrogen) atoms. The van der Waals surface area contributed by atoms with E-state index in [4.69, 9.17) is 37.7 Å². The number of pyridine rings is 2. The number of aromatic hydroxyl groups is 2. The third kappa shape index (κ3) is 20.1. The van der Waals surface area contributed by atoms with Crippen molar-refractivity contribution in [2.45, 2.75) is 167 Å². The highest BCUT2D eigenvalue weighted by Crippen LogP contribution is 2.35. The topological polar surface area (TPSA) is 273 Å². The molecule has 2 saturated carbocycles. The molecule has 3 aliphatic heterocycles. The minimum Gasteiger partial charge on any atom is -0.506 e. The van der Waals surface area contributed by atoms with Crippen LogP contribution in [0.3, 0.4) is 0 Å². The second-order valence-electron chi connectivity index (χ2n) is 29.5. The average Bonchev–Trinajstić information content (AvgIpc) is 0.947. The van der Waals surface area contributed by atoms with Gasteiger partial charge in [-0.2, -0.15) is 0 Å². The number of phenols is 1. The zero-order valence-electron chi connectivity index (χ0n) is 62.8. The van der Waals surface area contributed by atoms with Gasteiger partial charge >= 0.3 is 0 Å². The number of hydrogen-bond donors (Lipinski definition) is 5. The Bertz CT molecular complexity index is 5220. The van der Waals surface area contributed by atoms with Gasteiger partial charge in [-0.15, -0.1) is 0 Å². The molecule has 0 bridgehead atoms. The molecule has 21 nitrogen and oxygen atoms in total. The number of fused-ring (bicyclic) bond motifs is 6. The lowest BCUT2D eigenvalue weighted by Crippen LogP contribution is -2.32. The Kier molecular flexibility index (Phi) is 26.0. The van der Waals surface area contributed by atoms with Gasteiger partial charge in [-0.25, -0.2) is 8.78 Å². The number of nitrogens with one attached hydrogen (secondary N) is 2. The summed E-state index contributed by atoms with van der Waals surface area (Å²) in [6.07, 6.45) is 21.3. The second-order valence-corrected chi connectivity index (χ2v) is 29.5. The van der Waals surface area contributed by atoms with Crippen molar-refractivity contribution in [1.82, 2.24) is 35.3 Å². The lowest BCUT2D eigenvalue weighted by molar-refractivity contribution is -0.122. The van der Waals surface area contributed by atoms with E-state index in [0.29, 0.717) is 148 Å². The number of rotatable bonds is 17. The Balaban J connectivity index is 0.000000139. The van der Waals surface area contributed by atoms with E-state index in [-0.39, 0.29) is 56.3 Å². The zero-order valence-corrected chi connectivity index (χ0v) is 62.8. The summed E-state index contributed by atoms with van der Waals surface area (Å²) in [4.78, 5) is 77.6. The highest BCUT2D eigenvalue weighted by molar-refractivity contribution is 5.95. The molecule has 3 saturated heterocycles. The number of carbonyl (C=O) groups excluding carboxylic acids is 2. The number of phenolic OH excluding ortho intramolecular Hbond substituents is 1. The predicted octanol–water partition coefficient (Wildman–Crippen LogP) is 14.7. The second kappa shape index (κ2) is 36.3. The number of aliphatic hydroxyl groups excluding tert-OH is 1. The molecule has 3 atom stereocenters. The van der Waals surface area contributed by atoms with Gasteiger partial charge in [0, 0.05) is 72.6 Å². The first-order valence-electron chi connectivity index (χ1n) is 38.0. The molecule has 0 radical (unpaired) electrons. The Labute approximate surface area is 630 Å². The van der Waals surface area contributed by atoms with Crippen molar-refractivity contribution in [3.63, 3.8) is 0 Å². The number of likely N-dealkylation sites (tertiary alicyclic amines) is 3. The Hall–Kier alpha value is -10.3. The van der Waals surface area contributed by atoms with E-state index < -0.39 is 11.6 Å². The summed E-state index contributed by atoms with van der Waals surface area (Å²) in [7, 11) is 6.27. The van der Waals surface area contributed by atoms with Crippen LogP contribution in [0, 0.1) is 32.4 Å². The van der Waals surface area contributed by atoms with Crippen LogP contribution in [-0.4, -0.2) is 143 Å². The first kappa shape index (κ1) is 78.3. The number of hydrogen-bond acceptors (Lipinski definition) is 19. The first-order valence-corrected chi connectivity index (χ1v) is 38.0. The lowest BCUT2D eigenvalue weighted by Gasteiger charge is -2.20. The van der Waals surface area contributed by atoms with Crippen LogP contribution < -0.4 is 41.1 Å². The molecule has 5 fully saturated rings. The summed E-state index contributed by atoms with van der Waals surface area (Å²) in [6, 6.07) is 32.4. The summed E-state index contributed by atoms with van der Waals surface area (Å²) in [6.45, 7) is 10.4. The number of benzene rings is 6. The largest absolute Gasteiger partial charge is 0.506 e. The number of amides is 2. The lowest BCUT2D eigenvalue weighted by atomic mass is 10.1. The molecule has 16 rings (SSSR count). The van der Waals surface area contributed by atoms with Gasteiger partial charge in [0.15, 0.2) is 34.0 Å². The van der Waals surface area contributed by atoms with Gasteiger partial charge in [-0.05, 0) is 252 Å². The number of carbonyl (C=O) groups is 2. The van der Waals surface area contributed by atoms with Crippen molar-refractivity contribution < 1.29 is 61.2 Å². The van der Waals surface area contributed by atoms with Gasteiger partial charge in [0.05, 0.1) is 51.3 Å². The van der Waals surface area contributed by atoms with E-state index in [0.717, 1.165) is 105 Å². The van der Waals surface area contributed by atoms with Crippen LogP contribution in [0.15, 0.2) is 155 Å². The van der Waals surface area contributed by atoms with E-state index in [1.54, 1.807) is 55.6 Å². The molecule has 5 N–H and O–H groups in total. The minimum atomic E-state index is -0.489. The summed E-state index contributed by atoms with van der Waals surface area (Å²) in [5.74, 6) is 1.53. The summed E-state index contributed by atoms with van der Waals surface area (Å²) in [5.41, 5.74) is 5.50. The standard InChI is InChI=1S/C33H37N3O5.C20H20FNO3.C14H9FO3.C13H18N2O2.C6H13NO/c1-21-16-28-32(38)27-13-12-25(18-29(27)41-33(28)30(17-21)39-20-24-8-5-15-36(24)2)40-26-11-9-22(34-19-26)10-14-31(37)35-23-6-3-4-7-23;1-12-8-16-19(23)15-6-5-13(21)10-17(15)25-20(16)18(9-12)24-11-14-4-3-7-22(14)2;1-7-4-10-13(17)9-3-2-8(15)6-12(9)18-14(10)11(16)5-7;16-12-7-5-10(14-9-12)6-8-13(17)15-11-3-1-2-4-11;1-7-4-2-3-6(7)5-8/h9,11-13,16-19,23-24H,3-8,10,14-15,20H2,1-2H3,(H,35,37);5-6,8-10,14H,3-4,7,11H2,1-2H3;2-6,16H,1H3;5,7,9,11,16H,1-4,6,8H2,(H,15,17);6,8H,2-5H2,1H3/t24-;14-;;;6-/m11..1/s1. The maximum atomic E-state index is 13.5. The van der Waals surface area contributed by atoms with Gasteiger partial charge in [-0.1, -0.05) is 25.7 Å². The fraction of sp³-hybridized carbons (Fsp3) is 0.407. The highest BCUT2D eigenvalue weighted by atomic mass is 19.1. The van der Waals surface area contributed by atoms with Crippen LogP contribution in [0.4, 0.5) is 8.78 Å².